The van der Waals surface area contributed by atoms with E-state index in [1.54, 1.807) is 0 Å². The van der Waals surface area contributed by atoms with Crippen LogP contribution in [0.3, 0.4) is 0 Å². The SMILES string of the molecule is O=C(O)N1CC2CC(Nc3ccc(C(F)(F)F)cn3)C1C2. The first-order valence-corrected chi connectivity index (χ1v) is 6.64. The maximum atomic E-state index is 12.5. The number of anilines is 1. The number of hydrogen-bond donors (Lipinski definition) is 2. The molecule has 2 heterocycles. The molecule has 1 saturated carbocycles. The van der Waals surface area contributed by atoms with Gasteiger partial charge < -0.3 is 15.3 Å². The van der Waals surface area contributed by atoms with Crippen molar-refractivity contribution >= 4 is 11.9 Å². The molecule has 1 saturated heterocycles. The molecular weight excluding hydrogens is 287 g/mol. The number of amides is 1. The van der Waals surface area contributed by atoms with E-state index in [1.165, 1.54) is 11.0 Å². The van der Waals surface area contributed by atoms with Crippen LogP contribution in [0.2, 0.25) is 0 Å². The fourth-order valence-corrected chi connectivity index (χ4v) is 3.24. The zero-order valence-electron chi connectivity index (χ0n) is 11.0. The van der Waals surface area contributed by atoms with Gasteiger partial charge in [0.15, 0.2) is 0 Å². The molecule has 2 fully saturated rings. The minimum absolute atomic E-state index is 0.0934. The third-order valence-corrected chi connectivity index (χ3v) is 4.15. The number of aromatic nitrogens is 1. The molecule has 5 nitrogen and oxygen atoms in total. The second-order valence-corrected chi connectivity index (χ2v) is 5.52. The van der Waals surface area contributed by atoms with Crippen molar-refractivity contribution in [2.45, 2.75) is 31.1 Å². The summed E-state index contributed by atoms with van der Waals surface area (Å²) in [6.07, 6.45) is -2.96. The molecule has 21 heavy (non-hydrogen) atoms. The van der Waals surface area contributed by atoms with Crippen LogP contribution < -0.4 is 5.32 Å². The molecule has 1 aliphatic carbocycles. The zero-order valence-corrected chi connectivity index (χ0v) is 11.0. The Morgan fingerprint density at radius 3 is 2.67 bits per heavy atom. The van der Waals surface area contributed by atoms with Crippen LogP contribution in [0.1, 0.15) is 18.4 Å². The van der Waals surface area contributed by atoms with E-state index >= 15 is 0 Å². The summed E-state index contributed by atoms with van der Waals surface area (Å²) >= 11 is 0. The predicted octanol–water partition coefficient (Wildman–Crippen LogP) is 2.65. The molecule has 1 amide bonds. The van der Waals surface area contributed by atoms with Crippen LogP contribution in [0.4, 0.5) is 23.8 Å². The fourth-order valence-electron chi connectivity index (χ4n) is 3.24. The quantitative estimate of drug-likeness (QED) is 0.881. The number of alkyl halides is 3. The van der Waals surface area contributed by atoms with Gasteiger partial charge in [0.2, 0.25) is 0 Å². The molecular formula is C13H14F3N3O2. The van der Waals surface area contributed by atoms with Crippen molar-refractivity contribution in [3.05, 3.63) is 23.9 Å². The Bertz CT molecular complexity index is 547. The van der Waals surface area contributed by atoms with Gasteiger partial charge in [-0.1, -0.05) is 0 Å². The van der Waals surface area contributed by atoms with Crippen LogP contribution in [-0.2, 0) is 6.18 Å². The minimum Gasteiger partial charge on any atom is -0.465 e. The van der Waals surface area contributed by atoms with E-state index in [2.05, 4.69) is 10.3 Å². The van der Waals surface area contributed by atoms with Gasteiger partial charge in [0, 0.05) is 18.8 Å². The molecule has 2 bridgehead atoms. The zero-order chi connectivity index (χ0) is 15.2. The second kappa shape index (κ2) is 4.78. The number of carboxylic acid groups (broad SMARTS) is 1. The third kappa shape index (κ3) is 2.62. The lowest BCUT2D eigenvalue weighted by molar-refractivity contribution is -0.137. The number of piperidine rings is 1. The highest BCUT2D eigenvalue weighted by Gasteiger charge is 2.47. The van der Waals surface area contributed by atoms with Gasteiger partial charge in [-0.05, 0) is 30.9 Å². The number of rotatable bonds is 2. The predicted molar refractivity (Wildman–Crippen MR) is 67.9 cm³/mol. The molecule has 1 aromatic rings. The normalized spacial score (nSPS) is 28.0. The van der Waals surface area contributed by atoms with Gasteiger partial charge in [-0.3, -0.25) is 0 Å². The largest absolute Gasteiger partial charge is 0.465 e. The van der Waals surface area contributed by atoms with Crippen LogP contribution >= 0.6 is 0 Å². The highest BCUT2D eigenvalue weighted by Crippen LogP contribution is 2.39. The smallest absolute Gasteiger partial charge is 0.417 e. The molecule has 2 N–H and O–H groups in total. The molecule has 0 spiro atoms. The Hall–Kier alpha value is -1.99. The summed E-state index contributed by atoms with van der Waals surface area (Å²) in [4.78, 5) is 16.3. The van der Waals surface area contributed by atoms with Crippen molar-refractivity contribution in [3.63, 3.8) is 0 Å². The summed E-state index contributed by atoms with van der Waals surface area (Å²) in [5, 5.41) is 12.2. The molecule has 8 heteroatoms. The maximum Gasteiger partial charge on any atom is 0.417 e. The molecule has 3 rings (SSSR count). The van der Waals surface area contributed by atoms with E-state index in [9.17, 15) is 18.0 Å². The van der Waals surface area contributed by atoms with Gasteiger partial charge in [0.1, 0.15) is 5.82 Å². The lowest BCUT2D eigenvalue weighted by atomic mass is 10.1. The molecule has 2 aliphatic rings. The van der Waals surface area contributed by atoms with E-state index in [0.717, 1.165) is 25.1 Å². The average molecular weight is 301 g/mol. The maximum absolute atomic E-state index is 12.5. The van der Waals surface area contributed by atoms with Crippen LogP contribution in [0, 0.1) is 5.92 Å². The van der Waals surface area contributed by atoms with Crippen molar-refractivity contribution in [1.29, 1.82) is 0 Å². The average Bonchev–Trinajstić information content (AvgIpc) is 2.98. The van der Waals surface area contributed by atoms with Crippen molar-refractivity contribution in [3.8, 4) is 0 Å². The van der Waals surface area contributed by atoms with E-state index in [-0.39, 0.29) is 12.1 Å². The molecule has 0 radical (unpaired) electrons. The van der Waals surface area contributed by atoms with Gasteiger partial charge in [-0.15, -0.1) is 0 Å². The Morgan fingerprint density at radius 1 is 1.38 bits per heavy atom. The fraction of sp³-hybridized carbons (Fsp3) is 0.538. The van der Waals surface area contributed by atoms with Gasteiger partial charge in [0.25, 0.3) is 0 Å². The van der Waals surface area contributed by atoms with Crippen molar-refractivity contribution in [2.75, 3.05) is 11.9 Å². The summed E-state index contributed by atoms with van der Waals surface area (Å²) in [7, 11) is 0. The lowest BCUT2D eigenvalue weighted by Crippen LogP contribution is -2.47. The summed E-state index contributed by atoms with van der Waals surface area (Å²) in [5.41, 5.74) is -0.798. The van der Waals surface area contributed by atoms with Crippen LogP contribution in [-0.4, -0.2) is 39.7 Å². The van der Waals surface area contributed by atoms with E-state index < -0.39 is 17.8 Å². The second-order valence-electron chi connectivity index (χ2n) is 5.52. The Kier molecular flexibility index (Phi) is 3.18. The molecule has 3 atom stereocenters. The van der Waals surface area contributed by atoms with Gasteiger partial charge in [0.05, 0.1) is 11.6 Å². The number of halogens is 3. The van der Waals surface area contributed by atoms with Crippen LogP contribution in [0.15, 0.2) is 18.3 Å². The summed E-state index contributed by atoms with van der Waals surface area (Å²) in [6, 6.07) is 2.03. The van der Waals surface area contributed by atoms with Crippen molar-refractivity contribution in [2.24, 2.45) is 5.92 Å². The molecule has 1 aromatic heterocycles. The monoisotopic (exact) mass is 301 g/mol. The highest BCUT2D eigenvalue weighted by molar-refractivity contribution is 5.66. The van der Waals surface area contributed by atoms with Crippen molar-refractivity contribution in [1.82, 2.24) is 9.88 Å². The number of fused-ring (bicyclic) bond motifs is 2. The van der Waals surface area contributed by atoms with Gasteiger partial charge >= 0.3 is 12.3 Å². The van der Waals surface area contributed by atoms with E-state index in [0.29, 0.717) is 18.3 Å². The first kappa shape index (κ1) is 14.0. The molecule has 0 aromatic carbocycles. The van der Waals surface area contributed by atoms with Gasteiger partial charge in [-0.25, -0.2) is 9.78 Å². The van der Waals surface area contributed by atoms with Gasteiger partial charge in [-0.2, -0.15) is 13.2 Å². The summed E-state index contributed by atoms with van der Waals surface area (Å²) in [5.74, 6) is 0.656. The lowest BCUT2D eigenvalue weighted by Gasteiger charge is -2.31. The molecule has 1 aliphatic heterocycles. The number of likely N-dealkylation sites (tertiary alicyclic amines) is 1. The first-order valence-electron chi connectivity index (χ1n) is 6.64. The number of carbonyl (C=O) groups is 1. The van der Waals surface area contributed by atoms with E-state index in [4.69, 9.17) is 5.11 Å². The first-order chi connectivity index (χ1) is 9.84. The number of nitrogens with zero attached hydrogens (tertiary/aromatic N) is 2. The Labute approximate surface area is 118 Å². The third-order valence-electron chi connectivity index (χ3n) is 4.15. The number of hydrogen-bond acceptors (Lipinski definition) is 3. The molecule has 114 valence electrons. The number of pyridine rings is 1. The summed E-state index contributed by atoms with van der Waals surface area (Å²) < 4.78 is 37.4. The Balaban J connectivity index is 1.69. The van der Waals surface area contributed by atoms with E-state index in [1.807, 2.05) is 0 Å². The summed E-state index contributed by atoms with van der Waals surface area (Å²) in [6.45, 7) is 0.540. The number of nitrogens with one attached hydrogen (secondary N) is 1. The highest BCUT2D eigenvalue weighted by atomic mass is 19.4. The van der Waals surface area contributed by atoms with Crippen molar-refractivity contribution < 1.29 is 23.1 Å². The van der Waals surface area contributed by atoms with Crippen LogP contribution in [0.5, 0.6) is 0 Å². The molecule has 3 unspecified atom stereocenters. The topological polar surface area (TPSA) is 65.5 Å². The standard InChI is InChI=1S/C13H14F3N3O2/c14-13(15,16)8-1-2-11(17-5-8)18-9-3-7-4-10(9)19(6-7)12(20)21/h1-2,5,7,9-10H,3-4,6H2,(H,17,18)(H,20,21). The van der Waals surface area contributed by atoms with Crippen LogP contribution in [0.25, 0.3) is 0 Å². The Morgan fingerprint density at radius 2 is 2.14 bits per heavy atom. The minimum atomic E-state index is -4.40.